The number of hydrogen-bond acceptors (Lipinski definition) is 3. The molecule has 0 unspecified atom stereocenters. The number of rotatable bonds is 5. The molecule has 4 nitrogen and oxygen atoms in total. The van der Waals surface area contributed by atoms with E-state index >= 15 is 0 Å². The maximum Gasteiger partial charge on any atom is 0.240 e. The van der Waals surface area contributed by atoms with Gasteiger partial charge in [0.2, 0.25) is 10.0 Å². The second kappa shape index (κ2) is 6.54. The second-order valence-electron chi connectivity index (χ2n) is 3.19. The highest BCUT2D eigenvalue weighted by Crippen LogP contribution is 2.19. The molecular formula is C10H10ClIN2O2S. The van der Waals surface area contributed by atoms with Crippen LogP contribution in [0.25, 0.3) is 0 Å². The van der Waals surface area contributed by atoms with Gasteiger partial charge in [-0.3, -0.25) is 0 Å². The first-order valence-electron chi connectivity index (χ1n) is 4.76. The van der Waals surface area contributed by atoms with Crippen LogP contribution in [0.4, 0.5) is 0 Å². The van der Waals surface area contributed by atoms with E-state index in [0.29, 0.717) is 6.54 Å². The van der Waals surface area contributed by atoms with Crippen molar-refractivity contribution >= 4 is 44.2 Å². The van der Waals surface area contributed by atoms with Crippen molar-refractivity contribution in [1.82, 2.24) is 4.72 Å². The van der Waals surface area contributed by atoms with Crippen molar-refractivity contribution in [3.05, 3.63) is 28.8 Å². The molecule has 0 aliphatic carbocycles. The monoisotopic (exact) mass is 384 g/mol. The molecule has 0 aromatic heterocycles. The lowest BCUT2D eigenvalue weighted by Crippen LogP contribution is -2.25. The average Bonchev–Trinajstić information content (AvgIpc) is 2.29. The molecule has 0 heterocycles. The average molecular weight is 385 g/mol. The van der Waals surface area contributed by atoms with Crippen LogP contribution in [0.5, 0.6) is 0 Å². The summed E-state index contributed by atoms with van der Waals surface area (Å²) < 4.78 is 27.0. The van der Waals surface area contributed by atoms with Gasteiger partial charge in [0.1, 0.15) is 6.07 Å². The molecule has 0 radical (unpaired) electrons. The van der Waals surface area contributed by atoms with E-state index in [-0.39, 0.29) is 15.5 Å². The third-order valence-electron chi connectivity index (χ3n) is 1.97. The van der Waals surface area contributed by atoms with Crippen molar-refractivity contribution in [2.75, 3.05) is 11.0 Å². The Kier molecular flexibility index (Phi) is 5.66. The minimum absolute atomic E-state index is 0.0787. The topological polar surface area (TPSA) is 70.0 Å². The molecule has 0 aliphatic heterocycles. The molecule has 0 spiro atoms. The SMILES string of the molecule is N#Cc1ccc(S(=O)(=O)NCCCI)cc1Cl. The molecule has 0 atom stereocenters. The van der Waals surface area contributed by atoms with E-state index in [1.54, 1.807) is 0 Å². The van der Waals surface area contributed by atoms with Gasteiger partial charge in [-0.1, -0.05) is 34.2 Å². The van der Waals surface area contributed by atoms with Gasteiger partial charge in [0.25, 0.3) is 0 Å². The van der Waals surface area contributed by atoms with Crippen LogP contribution in [0.2, 0.25) is 5.02 Å². The van der Waals surface area contributed by atoms with Gasteiger partial charge < -0.3 is 0 Å². The summed E-state index contributed by atoms with van der Waals surface area (Å²) >= 11 is 7.96. The van der Waals surface area contributed by atoms with E-state index in [2.05, 4.69) is 27.3 Å². The third kappa shape index (κ3) is 4.10. The molecule has 1 N–H and O–H groups in total. The maximum atomic E-state index is 11.8. The standard InChI is InChI=1S/C10H10ClIN2O2S/c11-10-6-9(3-2-8(10)7-13)17(15,16)14-5-1-4-12/h2-3,6,14H,1,4-5H2. The van der Waals surface area contributed by atoms with Crippen LogP contribution in [-0.4, -0.2) is 19.4 Å². The van der Waals surface area contributed by atoms with Crippen LogP contribution in [0.3, 0.4) is 0 Å². The zero-order valence-electron chi connectivity index (χ0n) is 8.78. The summed E-state index contributed by atoms with van der Waals surface area (Å²) in [6.45, 7) is 0.392. The molecule has 0 saturated heterocycles. The van der Waals surface area contributed by atoms with Gasteiger partial charge in [-0.05, 0) is 24.6 Å². The summed E-state index contributed by atoms with van der Waals surface area (Å²) in [7, 11) is -3.53. The lowest BCUT2D eigenvalue weighted by atomic mass is 10.2. The lowest BCUT2D eigenvalue weighted by molar-refractivity contribution is 0.581. The Labute approximate surface area is 119 Å². The van der Waals surface area contributed by atoms with E-state index in [0.717, 1.165) is 10.8 Å². The van der Waals surface area contributed by atoms with Gasteiger partial charge in [-0.15, -0.1) is 0 Å². The predicted molar refractivity (Wildman–Crippen MR) is 74.9 cm³/mol. The fraction of sp³-hybridized carbons (Fsp3) is 0.300. The van der Waals surface area contributed by atoms with Crippen molar-refractivity contribution in [1.29, 1.82) is 5.26 Å². The van der Waals surface area contributed by atoms with Gasteiger partial charge in [0, 0.05) is 11.0 Å². The van der Waals surface area contributed by atoms with Crippen molar-refractivity contribution in [3.63, 3.8) is 0 Å². The van der Waals surface area contributed by atoms with Crippen LogP contribution < -0.4 is 4.72 Å². The Morgan fingerprint density at radius 2 is 2.18 bits per heavy atom. The summed E-state index contributed by atoms with van der Waals surface area (Å²) in [4.78, 5) is 0.0787. The van der Waals surface area contributed by atoms with Crippen molar-refractivity contribution in [2.45, 2.75) is 11.3 Å². The zero-order chi connectivity index (χ0) is 12.9. The third-order valence-corrected chi connectivity index (χ3v) is 4.51. The maximum absolute atomic E-state index is 11.8. The summed E-state index contributed by atoms with van der Waals surface area (Å²) in [5.41, 5.74) is 0.262. The molecule has 1 aromatic rings. The van der Waals surface area contributed by atoms with E-state index in [1.165, 1.54) is 18.2 Å². The van der Waals surface area contributed by atoms with E-state index in [4.69, 9.17) is 16.9 Å². The smallest absolute Gasteiger partial charge is 0.211 e. The van der Waals surface area contributed by atoms with E-state index < -0.39 is 10.0 Å². The highest BCUT2D eigenvalue weighted by molar-refractivity contribution is 14.1. The summed E-state index contributed by atoms with van der Waals surface area (Å²) in [6, 6.07) is 5.93. The van der Waals surface area contributed by atoms with Crippen molar-refractivity contribution in [2.24, 2.45) is 0 Å². The number of nitrogens with one attached hydrogen (secondary N) is 1. The highest BCUT2D eigenvalue weighted by Gasteiger charge is 2.14. The summed E-state index contributed by atoms with van der Waals surface area (Å²) in [5.74, 6) is 0. The summed E-state index contributed by atoms with van der Waals surface area (Å²) in [6.07, 6.45) is 0.768. The molecule has 0 saturated carbocycles. The minimum atomic E-state index is -3.53. The Hall–Kier alpha value is -0.360. The largest absolute Gasteiger partial charge is 0.240 e. The molecule has 7 heteroatoms. The molecule has 0 fully saturated rings. The minimum Gasteiger partial charge on any atom is -0.211 e. The predicted octanol–water partition coefficient (Wildman–Crippen LogP) is 2.32. The molecule has 0 amide bonds. The molecular weight excluding hydrogens is 375 g/mol. The number of sulfonamides is 1. The lowest BCUT2D eigenvalue weighted by Gasteiger charge is -2.06. The fourth-order valence-electron chi connectivity index (χ4n) is 1.11. The number of nitrogens with zero attached hydrogens (tertiary/aromatic N) is 1. The van der Waals surface area contributed by atoms with Crippen LogP contribution in [-0.2, 0) is 10.0 Å². The Bertz CT molecular complexity index is 540. The van der Waals surface area contributed by atoms with Gasteiger partial charge in [0.05, 0.1) is 15.5 Å². The molecule has 92 valence electrons. The van der Waals surface area contributed by atoms with Crippen LogP contribution in [0, 0.1) is 11.3 Å². The second-order valence-corrected chi connectivity index (χ2v) is 6.45. The number of halogens is 2. The Morgan fingerprint density at radius 1 is 1.47 bits per heavy atom. The number of benzene rings is 1. The van der Waals surface area contributed by atoms with Crippen molar-refractivity contribution in [3.8, 4) is 6.07 Å². The Morgan fingerprint density at radius 3 is 2.71 bits per heavy atom. The van der Waals surface area contributed by atoms with Crippen LogP contribution >= 0.6 is 34.2 Å². The van der Waals surface area contributed by atoms with E-state index in [1.807, 2.05) is 6.07 Å². The van der Waals surface area contributed by atoms with Gasteiger partial charge in [-0.25, -0.2) is 13.1 Å². The number of alkyl halides is 1. The molecule has 0 bridgehead atoms. The molecule has 0 aliphatic rings. The van der Waals surface area contributed by atoms with Crippen molar-refractivity contribution < 1.29 is 8.42 Å². The van der Waals surface area contributed by atoms with Gasteiger partial charge in [-0.2, -0.15) is 5.26 Å². The molecule has 1 rings (SSSR count). The first-order chi connectivity index (χ1) is 8.01. The number of nitriles is 1. The first kappa shape index (κ1) is 14.7. The van der Waals surface area contributed by atoms with Gasteiger partial charge >= 0.3 is 0 Å². The fourth-order valence-corrected chi connectivity index (χ4v) is 2.88. The summed E-state index contributed by atoms with van der Waals surface area (Å²) in [5, 5.41) is 8.83. The molecule has 1 aromatic carbocycles. The zero-order valence-corrected chi connectivity index (χ0v) is 12.5. The van der Waals surface area contributed by atoms with Crippen LogP contribution in [0.15, 0.2) is 23.1 Å². The molecule has 17 heavy (non-hydrogen) atoms. The van der Waals surface area contributed by atoms with E-state index in [9.17, 15) is 8.42 Å². The highest BCUT2D eigenvalue weighted by atomic mass is 127. The number of hydrogen-bond donors (Lipinski definition) is 1. The first-order valence-corrected chi connectivity index (χ1v) is 8.15. The van der Waals surface area contributed by atoms with Gasteiger partial charge in [0.15, 0.2) is 0 Å². The quantitative estimate of drug-likeness (QED) is 0.481. The van der Waals surface area contributed by atoms with Crippen LogP contribution in [0.1, 0.15) is 12.0 Å². The Balaban J connectivity index is 2.93. The normalized spacial score (nSPS) is 11.1.